The van der Waals surface area contributed by atoms with E-state index in [1.54, 1.807) is 6.07 Å². The Labute approximate surface area is 203 Å². The van der Waals surface area contributed by atoms with E-state index < -0.39 is 11.0 Å². The van der Waals surface area contributed by atoms with Crippen molar-refractivity contribution in [3.05, 3.63) is 40.1 Å². The van der Waals surface area contributed by atoms with Gasteiger partial charge in [0.1, 0.15) is 5.82 Å². The number of hydrogen-bond donors (Lipinski definition) is 1. The highest BCUT2D eigenvalue weighted by Gasteiger charge is 2.46. The Hall–Kier alpha value is -1.21. The van der Waals surface area contributed by atoms with Crippen molar-refractivity contribution in [2.75, 3.05) is 18.0 Å². The van der Waals surface area contributed by atoms with E-state index in [-0.39, 0.29) is 10.2 Å². The number of aromatic nitrogens is 2. The Morgan fingerprint density at radius 2 is 1.91 bits per heavy atom. The first-order valence-electron chi connectivity index (χ1n) is 11.3. The maximum Gasteiger partial charge on any atom is 0.147 e. The molecule has 174 valence electrons. The van der Waals surface area contributed by atoms with Gasteiger partial charge in [-0.3, -0.25) is 4.98 Å². The van der Waals surface area contributed by atoms with Crippen molar-refractivity contribution in [2.45, 2.75) is 70.6 Å². The fourth-order valence-electron chi connectivity index (χ4n) is 4.98. The molecule has 2 atom stereocenters. The molecular weight excluding hydrogens is 463 g/mol. The predicted octanol–water partition coefficient (Wildman–Crippen LogP) is 5.95. The lowest BCUT2D eigenvalue weighted by molar-refractivity contribution is 0.188. The van der Waals surface area contributed by atoms with E-state index in [1.165, 1.54) is 12.8 Å². The quantitative estimate of drug-likeness (QED) is 0.570. The summed E-state index contributed by atoms with van der Waals surface area (Å²) in [7, 11) is -1.03. The second-order valence-electron chi connectivity index (χ2n) is 10.1. The van der Waals surface area contributed by atoms with Crippen molar-refractivity contribution < 1.29 is 4.21 Å². The largest absolute Gasteiger partial charge is 0.355 e. The lowest BCUT2D eigenvalue weighted by atomic mass is 9.74. The van der Waals surface area contributed by atoms with Crippen molar-refractivity contribution in [1.82, 2.24) is 14.7 Å². The van der Waals surface area contributed by atoms with E-state index in [0.717, 1.165) is 55.1 Å². The number of nitrogens with one attached hydrogen (secondary N) is 1. The maximum absolute atomic E-state index is 12.7. The molecule has 0 unspecified atom stereocenters. The van der Waals surface area contributed by atoms with E-state index in [4.69, 9.17) is 33.2 Å². The highest BCUT2D eigenvalue weighted by atomic mass is 35.5. The van der Waals surface area contributed by atoms with Gasteiger partial charge in [-0.05, 0) is 64.9 Å². The maximum atomic E-state index is 12.7. The zero-order valence-electron chi connectivity index (χ0n) is 19.3. The van der Waals surface area contributed by atoms with Crippen molar-refractivity contribution >= 4 is 40.0 Å². The highest BCUT2D eigenvalue weighted by molar-refractivity contribution is 7.84. The molecule has 1 aromatic heterocycles. The lowest BCUT2D eigenvalue weighted by Gasteiger charge is -2.44. The van der Waals surface area contributed by atoms with Crippen LogP contribution in [0.4, 0.5) is 5.82 Å². The monoisotopic (exact) mass is 494 g/mol. The average Bonchev–Trinajstić information content (AvgIpc) is 3.12. The Bertz CT molecular complexity index is 1020. The van der Waals surface area contributed by atoms with Crippen molar-refractivity contribution in [3.63, 3.8) is 0 Å². The fourth-order valence-corrected chi connectivity index (χ4v) is 6.35. The van der Waals surface area contributed by atoms with Crippen LogP contribution in [-0.2, 0) is 11.0 Å². The first-order chi connectivity index (χ1) is 15.1. The highest BCUT2D eigenvalue weighted by Crippen LogP contribution is 2.47. The van der Waals surface area contributed by atoms with Gasteiger partial charge in [0.2, 0.25) is 0 Å². The van der Waals surface area contributed by atoms with Crippen LogP contribution in [0.1, 0.15) is 58.6 Å². The molecule has 0 bridgehead atoms. The number of aryl methyl sites for hydroxylation is 1. The smallest absolute Gasteiger partial charge is 0.147 e. The van der Waals surface area contributed by atoms with Gasteiger partial charge in [0, 0.05) is 24.7 Å². The third kappa shape index (κ3) is 4.70. The minimum Gasteiger partial charge on any atom is -0.355 e. The number of anilines is 1. The molecule has 2 fully saturated rings. The van der Waals surface area contributed by atoms with Crippen LogP contribution in [0.15, 0.2) is 24.4 Å². The van der Waals surface area contributed by atoms with Crippen LogP contribution in [0.3, 0.4) is 0 Å². The molecule has 1 saturated heterocycles. The Morgan fingerprint density at radius 3 is 2.56 bits per heavy atom. The number of benzene rings is 1. The Kier molecular flexibility index (Phi) is 6.88. The van der Waals surface area contributed by atoms with Crippen LogP contribution < -0.4 is 9.62 Å². The minimum absolute atomic E-state index is 0.230. The second-order valence-corrected chi connectivity index (χ2v) is 12.8. The summed E-state index contributed by atoms with van der Waals surface area (Å²) in [5.41, 5.74) is 2.64. The summed E-state index contributed by atoms with van der Waals surface area (Å²) in [6, 6.07) is 5.90. The standard InChI is InChI=1S/C24H32Cl2N4OS/c1-16-22(17-7-5-8-18(25)21(17)26)27-15-20(28-16)30-13-11-24(12-14-30)10-6-9-19(24)29-32(31)23(2,3)4/h5,7-8,15,19,29H,6,9-14H2,1-4H3/t19-,32+/m1/s1. The number of hydrogen-bond acceptors (Lipinski definition) is 4. The zero-order valence-corrected chi connectivity index (χ0v) is 21.6. The first-order valence-corrected chi connectivity index (χ1v) is 13.2. The van der Waals surface area contributed by atoms with Gasteiger partial charge in [0.25, 0.3) is 0 Å². The Balaban J connectivity index is 1.47. The summed E-state index contributed by atoms with van der Waals surface area (Å²) >= 11 is 12.6. The van der Waals surface area contributed by atoms with E-state index in [2.05, 4.69) is 9.62 Å². The van der Waals surface area contributed by atoms with Gasteiger partial charge in [-0.25, -0.2) is 13.9 Å². The van der Waals surface area contributed by atoms with Crippen molar-refractivity contribution in [2.24, 2.45) is 5.41 Å². The van der Waals surface area contributed by atoms with Gasteiger partial charge < -0.3 is 4.90 Å². The molecule has 0 radical (unpaired) electrons. The topological polar surface area (TPSA) is 58.1 Å². The molecule has 2 aromatic rings. The first kappa shape index (κ1) is 23.9. The van der Waals surface area contributed by atoms with Gasteiger partial charge in [0.15, 0.2) is 0 Å². The molecule has 2 heterocycles. The molecule has 1 aliphatic heterocycles. The van der Waals surface area contributed by atoms with Crippen LogP contribution in [0, 0.1) is 12.3 Å². The van der Waals surface area contributed by atoms with E-state index in [9.17, 15) is 4.21 Å². The van der Waals surface area contributed by atoms with Crippen molar-refractivity contribution in [1.29, 1.82) is 0 Å². The molecular formula is C24H32Cl2N4OS. The third-order valence-corrected chi connectivity index (χ3v) is 9.37. The molecule has 8 heteroatoms. The molecule has 32 heavy (non-hydrogen) atoms. The summed E-state index contributed by atoms with van der Waals surface area (Å²) in [6.45, 7) is 9.93. The van der Waals surface area contributed by atoms with Crippen LogP contribution in [0.2, 0.25) is 10.0 Å². The summed E-state index contributed by atoms with van der Waals surface area (Å²) in [6.07, 6.45) is 7.51. The summed E-state index contributed by atoms with van der Waals surface area (Å²) < 4.78 is 16.0. The average molecular weight is 496 g/mol. The normalized spacial score (nSPS) is 21.8. The van der Waals surface area contributed by atoms with Crippen LogP contribution >= 0.6 is 23.2 Å². The van der Waals surface area contributed by atoms with Gasteiger partial charge >= 0.3 is 0 Å². The molecule has 0 amide bonds. The number of nitrogens with zero attached hydrogens (tertiary/aromatic N) is 3. The van der Waals surface area contributed by atoms with Gasteiger partial charge in [-0.1, -0.05) is 41.8 Å². The van der Waals surface area contributed by atoms with E-state index in [0.29, 0.717) is 16.1 Å². The van der Waals surface area contributed by atoms with E-state index in [1.807, 2.05) is 46.0 Å². The fraction of sp³-hybridized carbons (Fsp3) is 0.583. The summed E-state index contributed by atoms with van der Waals surface area (Å²) in [4.78, 5) is 11.9. The van der Waals surface area contributed by atoms with Crippen LogP contribution in [-0.4, -0.2) is 38.1 Å². The molecule has 5 nitrogen and oxygen atoms in total. The molecule has 2 aliphatic rings. The third-order valence-electron chi connectivity index (χ3n) is 6.94. The minimum atomic E-state index is -1.03. The summed E-state index contributed by atoms with van der Waals surface area (Å²) in [5.74, 6) is 0.903. The molecule has 1 saturated carbocycles. The van der Waals surface area contributed by atoms with Crippen LogP contribution in [0.5, 0.6) is 0 Å². The number of halogens is 2. The number of piperidine rings is 1. The van der Waals surface area contributed by atoms with E-state index >= 15 is 0 Å². The molecule has 1 N–H and O–H groups in total. The number of rotatable bonds is 4. The molecule has 1 aromatic carbocycles. The second kappa shape index (κ2) is 9.21. The molecule has 1 aliphatic carbocycles. The van der Waals surface area contributed by atoms with Gasteiger partial charge in [-0.2, -0.15) is 0 Å². The predicted molar refractivity (Wildman–Crippen MR) is 135 cm³/mol. The van der Waals surface area contributed by atoms with Gasteiger partial charge in [0.05, 0.1) is 43.4 Å². The zero-order chi connectivity index (χ0) is 23.1. The summed E-state index contributed by atoms with van der Waals surface area (Å²) in [5, 5.41) is 1.02. The SMILES string of the molecule is Cc1nc(N2CCC3(CCC[C@H]3N[S@@](=O)C(C)(C)C)CC2)cnc1-c1cccc(Cl)c1Cl. The molecule has 4 rings (SSSR count). The van der Waals surface area contributed by atoms with Crippen LogP contribution in [0.25, 0.3) is 11.3 Å². The molecule has 1 spiro atoms. The Morgan fingerprint density at radius 1 is 1.19 bits per heavy atom. The van der Waals surface area contributed by atoms with Gasteiger partial charge in [-0.15, -0.1) is 0 Å². The lowest BCUT2D eigenvalue weighted by Crippen LogP contribution is -2.51. The van der Waals surface area contributed by atoms with Crippen molar-refractivity contribution in [3.8, 4) is 11.3 Å².